The summed E-state index contributed by atoms with van der Waals surface area (Å²) in [5, 5.41) is 0. The molecule has 0 spiro atoms. The van der Waals surface area contributed by atoms with Crippen LogP contribution >= 0.6 is 0 Å². The molecule has 0 nitrogen and oxygen atoms in total. The van der Waals surface area contributed by atoms with Crippen molar-refractivity contribution in [3.05, 3.63) is 46.6 Å². The summed E-state index contributed by atoms with van der Waals surface area (Å²) in [6.45, 7) is 16.6. The van der Waals surface area contributed by atoms with E-state index in [1.807, 2.05) is 0 Å². The monoisotopic (exact) mass is 190 g/mol. The van der Waals surface area contributed by atoms with E-state index in [0.717, 1.165) is 5.57 Å². The molecule has 0 fully saturated rings. The van der Waals surface area contributed by atoms with Crippen LogP contribution < -0.4 is 0 Å². The number of hydrogen-bond acceptors (Lipinski definition) is 0. The lowest BCUT2D eigenvalue weighted by Crippen LogP contribution is -1.87. The summed E-state index contributed by atoms with van der Waals surface area (Å²) < 4.78 is 0. The van der Waals surface area contributed by atoms with E-state index in [1.54, 1.807) is 0 Å². The summed E-state index contributed by atoms with van der Waals surface area (Å²) in [4.78, 5) is 0. The van der Waals surface area contributed by atoms with Crippen LogP contribution in [0.25, 0.3) is 0 Å². The van der Waals surface area contributed by atoms with Crippen molar-refractivity contribution in [3.8, 4) is 0 Å². The average molecular weight is 190 g/mol. The van der Waals surface area contributed by atoms with Gasteiger partial charge in [-0.05, 0) is 52.7 Å². The Morgan fingerprint density at radius 2 is 1.43 bits per heavy atom. The Morgan fingerprint density at radius 3 is 1.71 bits per heavy atom. The smallest absolute Gasteiger partial charge is 0.0244 e. The maximum absolute atomic E-state index is 3.99. The molecule has 78 valence electrons. The van der Waals surface area contributed by atoms with Crippen molar-refractivity contribution in [1.29, 1.82) is 0 Å². The lowest BCUT2D eigenvalue weighted by Gasteiger charge is -2.07. The first-order valence-electron chi connectivity index (χ1n) is 5.05. The Hall–Kier alpha value is -1.04. The second-order valence-electron chi connectivity index (χ2n) is 3.99. The third kappa shape index (κ3) is 3.78. The molecule has 0 saturated heterocycles. The number of allylic oxidation sites excluding steroid dienone is 7. The van der Waals surface area contributed by atoms with E-state index in [-0.39, 0.29) is 0 Å². The van der Waals surface area contributed by atoms with Gasteiger partial charge in [0.05, 0.1) is 0 Å². The maximum atomic E-state index is 3.99. The van der Waals surface area contributed by atoms with Crippen molar-refractivity contribution in [1.82, 2.24) is 0 Å². The van der Waals surface area contributed by atoms with Gasteiger partial charge < -0.3 is 0 Å². The molecule has 0 radical (unpaired) electrons. The van der Waals surface area contributed by atoms with Gasteiger partial charge in [0, 0.05) is 0 Å². The molecule has 0 aliphatic carbocycles. The molecule has 0 heteroatoms. The molecule has 0 aromatic heterocycles. The summed E-state index contributed by atoms with van der Waals surface area (Å²) in [7, 11) is 0. The molecule has 0 rings (SSSR count). The third-order valence-corrected chi connectivity index (χ3v) is 2.41. The molecule has 0 aliphatic heterocycles. The first kappa shape index (κ1) is 13.0. The summed E-state index contributed by atoms with van der Waals surface area (Å²) >= 11 is 0. The standard InChI is InChI=1S/C14H22/c1-8-12(6)13(7)9-14(10(2)3)11(4)5/h8-9H,2H2,1,3-7H3/b12-8+,13-9+. The highest BCUT2D eigenvalue weighted by atomic mass is 14.0. The summed E-state index contributed by atoms with van der Waals surface area (Å²) in [5.74, 6) is 0. The Balaban J connectivity index is 5.15. The molecular formula is C14H22. The second-order valence-corrected chi connectivity index (χ2v) is 3.99. The largest absolute Gasteiger partial charge is 0.0955 e. The summed E-state index contributed by atoms with van der Waals surface area (Å²) in [6, 6.07) is 0. The Bertz CT molecular complexity index is 305. The second kappa shape index (κ2) is 5.64. The number of hydrogen-bond donors (Lipinski definition) is 0. The molecule has 0 saturated carbocycles. The zero-order valence-electron chi connectivity index (χ0n) is 10.4. The van der Waals surface area contributed by atoms with Crippen LogP contribution in [0.5, 0.6) is 0 Å². The van der Waals surface area contributed by atoms with E-state index < -0.39 is 0 Å². The van der Waals surface area contributed by atoms with Gasteiger partial charge >= 0.3 is 0 Å². The van der Waals surface area contributed by atoms with Crippen molar-refractivity contribution < 1.29 is 0 Å². The van der Waals surface area contributed by atoms with Gasteiger partial charge in [0.1, 0.15) is 0 Å². The normalized spacial score (nSPS) is 12.7. The van der Waals surface area contributed by atoms with Crippen molar-refractivity contribution >= 4 is 0 Å². The maximum Gasteiger partial charge on any atom is -0.0244 e. The topological polar surface area (TPSA) is 0 Å². The highest BCUT2D eigenvalue weighted by Crippen LogP contribution is 2.19. The van der Waals surface area contributed by atoms with Crippen LogP contribution in [0, 0.1) is 0 Å². The minimum absolute atomic E-state index is 1.13. The van der Waals surface area contributed by atoms with E-state index in [9.17, 15) is 0 Å². The van der Waals surface area contributed by atoms with Crippen LogP contribution in [0.4, 0.5) is 0 Å². The Kier molecular flexibility index (Phi) is 5.22. The first-order valence-corrected chi connectivity index (χ1v) is 5.05. The van der Waals surface area contributed by atoms with Gasteiger partial charge in [-0.3, -0.25) is 0 Å². The van der Waals surface area contributed by atoms with Crippen LogP contribution in [0.3, 0.4) is 0 Å². The molecule has 14 heavy (non-hydrogen) atoms. The van der Waals surface area contributed by atoms with Gasteiger partial charge in [0.2, 0.25) is 0 Å². The third-order valence-electron chi connectivity index (χ3n) is 2.41. The van der Waals surface area contributed by atoms with Crippen LogP contribution in [0.1, 0.15) is 41.5 Å². The van der Waals surface area contributed by atoms with Gasteiger partial charge in [-0.1, -0.05) is 35.5 Å². The average Bonchev–Trinajstić information content (AvgIpc) is 2.11. The van der Waals surface area contributed by atoms with E-state index in [2.05, 4.69) is 60.3 Å². The lowest BCUT2D eigenvalue weighted by atomic mass is 9.99. The molecule has 0 N–H and O–H groups in total. The van der Waals surface area contributed by atoms with Crippen LogP contribution in [-0.2, 0) is 0 Å². The molecule has 0 amide bonds. The van der Waals surface area contributed by atoms with E-state index in [0.29, 0.717) is 0 Å². The molecule has 0 heterocycles. The van der Waals surface area contributed by atoms with Crippen molar-refractivity contribution in [2.75, 3.05) is 0 Å². The molecule has 0 aromatic rings. The SMILES string of the molecule is C=C(C)C(/C=C(C)/C(C)=C/C)=C(C)C. The van der Waals surface area contributed by atoms with E-state index in [4.69, 9.17) is 0 Å². The van der Waals surface area contributed by atoms with Crippen LogP contribution in [0.15, 0.2) is 46.6 Å². The quantitative estimate of drug-likeness (QED) is 0.560. The van der Waals surface area contributed by atoms with Gasteiger partial charge in [-0.15, -0.1) is 0 Å². The fourth-order valence-corrected chi connectivity index (χ4v) is 1.25. The van der Waals surface area contributed by atoms with Crippen molar-refractivity contribution in [3.63, 3.8) is 0 Å². The highest BCUT2D eigenvalue weighted by Gasteiger charge is 1.99. The van der Waals surface area contributed by atoms with E-state index >= 15 is 0 Å². The van der Waals surface area contributed by atoms with Gasteiger partial charge in [-0.25, -0.2) is 0 Å². The van der Waals surface area contributed by atoms with Crippen LogP contribution in [0.2, 0.25) is 0 Å². The molecule has 0 aliphatic rings. The number of rotatable bonds is 3. The fourth-order valence-electron chi connectivity index (χ4n) is 1.25. The minimum atomic E-state index is 1.13. The van der Waals surface area contributed by atoms with Gasteiger partial charge in [-0.2, -0.15) is 0 Å². The predicted molar refractivity (Wildman–Crippen MR) is 66.4 cm³/mol. The zero-order chi connectivity index (χ0) is 11.3. The fraction of sp³-hybridized carbons (Fsp3) is 0.429. The molecular weight excluding hydrogens is 168 g/mol. The first-order chi connectivity index (χ1) is 6.40. The minimum Gasteiger partial charge on any atom is -0.0955 e. The van der Waals surface area contributed by atoms with Crippen molar-refractivity contribution in [2.24, 2.45) is 0 Å². The van der Waals surface area contributed by atoms with E-state index in [1.165, 1.54) is 22.3 Å². The zero-order valence-corrected chi connectivity index (χ0v) is 10.4. The van der Waals surface area contributed by atoms with Gasteiger partial charge in [0.25, 0.3) is 0 Å². The molecule has 0 unspecified atom stereocenters. The summed E-state index contributed by atoms with van der Waals surface area (Å²) in [6.07, 6.45) is 4.35. The van der Waals surface area contributed by atoms with Crippen molar-refractivity contribution in [2.45, 2.75) is 41.5 Å². The molecule has 0 atom stereocenters. The Morgan fingerprint density at radius 1 is 0.929 bits per heavy atom. The predicted octanol–water partition coefficient (Wildman–Crippen LogP) is 4.81. The lowest BCUT2D eigenvalue weighted by molar-refractivity contribution is 1.25. The highest BCUT2D eigenvalue weighted by molar-refractivity contribution is 5.45. The van der Waals surface area contributed by atoms with Gasteiger partial charge in [0.15, 0.2) is 0 Å². The van der Waals surface area contributed by atoms with Crippen LogP contribution in [-0.4, -0.2) is 0 Å². The molecule has 0 bridgehead atoms. The Labute approximate surface area is 88.7 Å². The summed E-state index contributed by atoms with van der Waals surface area (Å²) in [5.41, 5.74) is 6.36. The molecule has 0 aromatic carbocycles.